The first-order valence-corrected chi connectivity index (χ1v) is 10.9. The molecule has 8 heteroatoms. The molecule has 0 aliphatic carbocycles. The second kappa shape index (κ2) is 8.79. The highest BCUT2D eigenvalue weighted by Gasteiger charge is 2.20. The van der Waals surface area contributed by atoms with Crippen molar-refractivity contribution in [2.24, 2.45) is 0 Å². The van der Waals surface area contributed by atoms with E-state index in [2.05, 4.69) is 32.1 Å². The van der Waals surface area contributed by atoms with E-state index < -0.39 is 0 Å². The van der Waals surface area contributed by atoms with Gasteiger partial charge in [0.25, 0.3) is 0 Å². The van der Waals surface area contributed by atoms with Crippen LogP contribution in [-0.4, -0.2) is 43.5 Å². The summed E-state index contributed by atoms with van der Waals surface area (Å²) in [6.07, 6.45) is 0. The van der Waals surface area contributed by atoms with Gasteiger partial charge in [0, 0.05) is 37.6 Å². The van der Waals surface area contributed by atoms with Crippen LogP contribution in [0.25, 0.3) is 0 Å². The Bertz CT molecular complexity index is 911. The third-order valence-corrected chi connectivity index (χ3v) is 6.82. The first-order chi connectivity index (χ1) is 13.7. The Balaban J connectivity index is 1.31. The Hall–Kier alpha value is -2.32. The van der Waals surface area contributed by atoms with Crippen LogP contribution in [0.2, 0.25) is 0 Å². The van der Waals surface area contributed by atoms with Gasteiger partial charge in [-0.2, -0.15) is 0 Å². The topological polar surface area (TPSA) is 41.5 Å². The number of halogens is 1. The summed E-state index contributed by atoms with van der Waals surface area (Å²) in [5.74, 6) is 1.36. The SMILES string of the molecule is COc1ccc(N2CCN(c3nnc(SCc4cccc(F)c4)s3)CC2)cc1. The second-order valence-electron chi connectivity index (χ2n) is 6.44. The van der Waals surface area contributed by atoms with Crippen LogP contribution >= 0.6 is 23.1 Å². The maximum atomic E-state index is 13.3. The van der Waals surface area contributed by atoms with Crippen molar-refractivity contribution in [3.05, 3.63) is 59.9 Å². The standard InChI is InChI=1S/C20H21FN4OS2/c1-26-18-7-5-17(6-8-18)24-9-11-25(12-10-24)19-22-23-20(28-19)27-14-15-3-2-4-16(21)13-15/h2-8,13H,9-12,14H2,1H3. The summed E-state index contributed by atoms with van der Waals surface area (Å²) in [4.78, 5) is 4.65. The van der Waals surface area contributed by atoms with E-state index in [0.29, 0.717) is 5.75 Å². The molecule has 1 saturated heterocycles. The Morgan fingerprint density at radius 3 is 2.50 bits per heavy atom. The van der Waals surface area contributed by atoms with Crippen molar-refractivity contribution >= 4 is 33.9 Å². The van der Waals surface area contributed by atoms with Gasteiger partial charge < -0.3 is 14.5 Å². The maximum Gasteiger partial charge on any atom is 0.209 e. The predicted molar refractivity (Wildman–Crippen MR) is 113 cm³/mol. The molecule has 2 heterocycles. The number of thioether (sulfide) groups is 1. The molecule has 0 amide bonds. The summed E-state index contributed by atoms with van der Waals surface area (Å²) in [6, 6.07) is 14.9. The fourth-order valence-corrected chi connectivity index (χ4v) is 4.94. The van der Waals surface area contributed by atoms with Gasteiger partial charge in [0.2, 0.25) is 5.13 Å². The molecule has 0 atom stereocenters. The first kappa shape index (κ1) is 19.0. The molecule has 1 fully saturated rings. The molecule has 1 aliphatic heterocycles. The average molecular weight is 417 g/mol. The molecule has 0 spiro atoms. The second-order valence-corrected chi connectivity index (χ2v) is 8.62. The molecule has 0 unspecified atom stereocenters. The molecule has 28 heavy (non-hydrogen) atoms. The van der Waals surface area contributed by atoms with Crippen molar-refractivity contribution in [3.63, 3.8) is 0 Å². The highest BCUT2D eigenvalue weighted by atomic mass is 32.2. The van der Waals surface area contributed by atoms with Crippen LogP contribution in [0.1, 0.15) is 5.56 Å². The van der Waals surface area contributed by atoms with Gasteiger partial charge >= 0.3 is 0 Å². The number of anilines is 2. The van der Waals surface area contributed by atoms with Gasteiger partial charge in [-0.3, -0.25) is 0 Å². The number of benzene rings is 2. The Labute approximate surface area is 172 Å². The predicted octanol–water partition coefficient (Wildman–Crippen LogP) is 4.30. The van der Waals surface area contributed by atoms with Gasteiger partial charge in [0.05, 0.1) is 7.11 Å². The molecule has 1 aromatic heterocycles. The number of rotatable bonds is 6. The maximum absolute atomic E-state index is 13.3. The van der Waals surface area contributed by atoms with E-state index in [4.69, 9.17) is 4.74 Å². The van der Waals surface area contributed by atoms with Crippen LogP contribution in [0.4, 0.5) is 15.2 Å². The lowest BCUT2D eigenvalue weighted by molar-refractivity contribution is 0.415. The zero-order valence-electron chi connectivity index (χ0n) is 15.5. The van der Waals surface area contributed by atoms with E-state index in [0.717, 1.165) is 47.0 Å². The molecule has 3 aromatic rings. The van der Waals surface area contributed by atoms with E-state index in [1.807, 2.05) is 18.2 Å². The molecule has 0 bridgehead atoms. The van der Waals surface area contributed by atoms with Crippen LogP contribution in [0.15, 0.2) is 52.9 Å². The van der Waals surface area contributed by atoms with Crippen molar-refractivity contribution in [1.82, 2.24) is 10.2 Å². The molecular weight excluding hydrogens is 395 g/mol. The molecular formula is C20H21FN4OS2. The van der Waals surface area contributed by atoms with Crippen LogP contribution < -0.4 is 14.5 Å². The van der Waals surface area contributed by atoms with E-state index in [-0.39, 0.29) is 5.82 Å². The van der Waals surface area contributed by atoms with E-state index in [9.17, 15) is 4.39 Å². The summed E-state index contributed by atoms with van der Waals surface area (Å²) in [7, 11) is 1.68. The molecule has 0 N–H and O–H groups in total. The lowest BCUT2D eigenvalue weighted by Gasteiger charge is -2.35. The minimum Gasteiger partial charge on any atom is -0.497 e. The average Bonchev–Trinajstić information content (AvgIpc) is 3.22. The molecule has 0 saturated carbocycles. The molecule has 1 aliphatic rings. The van der Waals surface area contributed by atoms with E-state index in [1.54, 1.807) is 42.3 Å². The summed E-state index contributed by atoms with van der Waals surface area (Å²) in [5.41, 5.74) is 2.17. The largest absolute Gasteiger partial charge is 0.497 e. The number of hydrogen-bond acceptors (Lipinski definition) is 7. The highest BCUT2D eigenvalue weighted by Crippen LogP contribution is 2.31. The van der Waals surface area contributed by atoms with Gasteiger partial charge in [-0.15, -0.1) is 10.2 Å². The third kappa shape index (κ3) is 4.56. The summed E-state index contributed by atoms with van der Waals surface area (Å²) >= 11 is 3.20. The van der Waals surface area contributed by atoms with E-state index >= 15 is 0 Å². The lowest BCUT2D eigenvalue weighted by atomic mass is 10.2. The quantitative estimate of drug-likeness (QED) is 0.558. The van der Waals surface area contributed by atoms with Gasteiger partial charge in [-0.25, -0.2) is 4.39 Å². The van der Waals surface area contributed by atoms with Crippen LogP contribution in [-0.2, 0) is 5.75 Å². The molecule has 4 rings (SSSR count). The highest BCUT2D eigenvalue weighted by molar-refractivity contribution is 8.00. The van der Waals surface area contributed by atoms with Crippen LogP contribution in [0.5, 0.6) is 5.75 Å². The Morgan fingerprint density at radius 1 is 1.04 bits per heavy atom. The van der Waals surface area contributed by atoms with Gasteiger partial charge in [-0.1, -0.05) is 35.2 Å². The van der Waals surface area contributed by atoms with Gasteiger partial charge in [0.1, 0.15) is 11.6 Å². The Kier molecular flexibility index (Phi) is 5.97. The van der Waals surface area contributed by atoms with Gasteiger partial charge in [-0.05, 0) is 42.0 Å². The zero-order valence-corrected chi connectivity index (χ0v) is 17.2. The number of aromatic nitrogens is 2. The molecule has 146 valence electrons. The molecule has 0 radical (unpaired) electrons. The first-order valence-electron chi connectivity index (χ1n) is 9.06. The Morgan fingerprint density at radius 2 is 1.79 bits per heavy atom. The molecule has 5 nitrogen and oxygen atoms in total. The number of ether oxygens (including phenoxy) is 1. The summed E-state index contributed by atoms with van der Waals surface area (Å²) < 4.78 is 19.4. The monoisotopic (exact) mass is 416 g/mol. The minimum atomic E-state index is -0.203. The zero-order chi connectivity index (χ0) is 19.3. The summed E-state index contributed by atoms with van der Waals surface area (Å²) in [5, 5.41) is 9.60. The van der Waals surface area contributed by atoms with Crippen molar-refractivity contribution in [2.45, 2.75) is 10.1 Å². The van der Waals surface area contributed by atoms with Crippen LogP contribution in [0, 0.1) is 5.82 Å². The van der Waals surface area contributed by atoms with Crippen molar-refractivity contribution in [3.8, 4) is 5.75 Å². The fraction of sp³-hybridized carbons (Fsp3) is 0.300. The van der Waals surface area contributed by atoms with Crippen molar-refractivity contribution < 1.29 is 9.13 Å². The number of hydrogen-bond donors (Lipinski definition) is 0. The fourth-order valence-electron chi connectivity index (χ4n) is 3.11. The lowest BCUT2D eigenvalue weighted by Crippen LogP contribution is -2.46. The van der Waals surface area contributed by atoms with Crippen molar-refractivity contribution in [1.29, 1.82) is 0 Å². The molecule has 2 aromatic carbocycles. The van der Waals surface area contributed by atoms with Crippen LogP contribution in [0.3, 0.4) is 0 Å². The third-order valence-electron chi connectivity index (χ3n) is 4.63. The smallest absolute Gasteiger partial charge is 0.209 e. The number of nitrogens with zero attached hydrogens (tertiary/aromatic N) is 4. The number of piperazine rings is 1. The summed E-state index contributed by atoms with van der Waals surface area (Å²) in [6.45, 7) is 3.71. The normalized spacial score (nSPS) is 14.4. The van der Waals surface area contributed by atoms with E-state index in [1.165, 1.54) is 11.8 Å². The number of methoxy groups -OCH3 is 1. The van der Waals surface area contributed by atoms with Gasteiger partial charge in [0.15, 0.2) is 4.34 Å². The minimum absolute atomic E-state index is 0.203. The van der Waals surface area contributed by atoms with Crippen molar-refractivity contribution in [2.75, 3.05) is 43.1 Å².